The monoisotopic (exact) mass is 401 g/mol. The number of hydrogen-bond acceptors (Lipinski definition) is 4. The summed E-state index contributed by atoms with van der Waals surface area (Å²) in [4.78, 5) is 33.3. The van der Waals surface area contributed by atoms with Gasteiger partial charge in [0.25, 0.3) is 5.56 Å². The van der Waals surface area contributed by atoms with Crippen molar-refractivity contribution in [1.82, 2.24) is 9.55 Å². The summed E-state index contributed by atoms with van der Waals surface area (Å²) in [6.45, 7) is 2.01. The normalized spacial score (nSPS) is 15.6. The van der Waals surface area contributed by atoms with Crippen molar-refractivity contribution in [2.24, 2.45) is 0 Å². The average Bonchev–Trinajstić information content (AvgIpc) is 3.31. The average molecular weight is 401 g/mol. The van der Waals surface area contributed by atoms with Crippen molar-refractivity contribution < 1.29 is 4.79 Å². The lowest BCUT2D eigenvalue weighted by molar-refractivity contribution is -0.119. The first-order chi connectivity index (χ1) is 14.1. The summed E-state index contributed by atoms with van der Waals surface area (Å²) in [5.74, 6) is -0.0952. The molecule has 29 heavy (non-hydrogen) atoms. The van der Waals surface area contributed by atoms with Crippen molar-refractivity contribution >= 4 is 33.1 Å². The lowest BCUT2D eigenvalue weighted by Crippen LogP contribution is -2.40. The fourth-order valence-electron chi connectivity index (χ4n) is 4.08. The molecule has 0 spiro atoms. The Morgan fingerprint density at radius 1 is 1.14 bits per heavy atom. The zero-order valence-corrected chi connectivity index (χ0v) is 16.7. The van der Waals surface area contributed by atoms with Gasteiger partial charge in [0.05, 0.1) is 11.7 Å². The SMILES string of the molecule is CC1Cc2ccccc2N1C(=O)Cn1cnc2scc(-c3ccccc3)c2c1=O. The zero-order chi connectivity index (χ0) is 20.0. The molecule has 5 rings (SSSR count). The van der Waals surface area contributed by atoms with E-state index < -0.39 is 0 Å². The van der Waals surface area contributed by atoms with Gasteiger partial charge in [-0.05, 0) is 30.5 Å². The van der Waals surface area contributed by atoms with E-state index >= 15 is 0 Å². The van der Waals surface area contributed by atoms with Crippen LogP contribution in [0.3, 0.4) is 0 Å². The van der Waals surface area contributed by atoms with Crippen LogP contribution < -0.4 is 10.5 Å². The summed E-state index contributed by atoms with van der Waals surface area (Å²) in [5.41, 5.74) is 3.77. The third-order valence-electron chi connectivity index (χ3n) is 5.43. The quantitative estimate of drug-likeness (QED) is 0.519. The number of carbonyl (C=O) groups excluding carboxylic acids is 1. The summed E-state index contributed by atoms with van der Waals surface area (Å²) in [5, 5.41) is 2.53. The molecular formula is C23H19N3O2S. The molecule has 1 aliphatic rings. The molecule has 0 radical (unpaired) electrons. The predicted octanol–water partition coefficient (Wildman–Crippen LogP) is 4.10. The number of aromatic nitrogens is 2. The van der Waals surface area contributed by atoms with Crippen LogP contribution in [0.5, 0.6) is 0 Å². The number of fused-ring (bicyclic) bond motifs is 2. The Hall–Kier alpha value is -3.25. The van der Waals surface area contributed by atoms with E-state index in [9.17, 15) is 9.59 Å². The van der Waals surface area contributed by atoms with Crippen LogP contribution in [-0.4, -0.2) is 21.5 Å². The van der Waals surface area contributed by atoms with Crippen molar-refractivity contribution in [2.75, 3.05) is 4.90 Å². The summed E-state index contributed by atoms with van der Waals surface area (Å²) in [6, 6.07) is 17.8. The van der Waals surface area contributed by atoms with E-state index in [2.05, 4.69) is 11.1 Å². The number of nitrogens with zero attached hydrogens (tertiary/aromatic N) is 3. The second kappa shape index (κ2) is 6.97. The van der Waals surface area contributed by atoms with E-state index in [0.717, 1.165) is 23.2 Å². The molecule has 0 saturated heterocycles. The topological polar surface area (TPSA) is 55.2 Å². The van der Waals surface area contributed by atoms with Gasteiger partial charge in [-0.25, -0.2) is 4.98 Å². The lowest BCUT2D eigenvalue weighted by Gasteiger charge is -2.23. The first-order valence-corrected chi connectivity index (χ1v) is 10.4. The molecule has 1 atom stereocenters. The van der Waals surface area contributed by atoms with Gasteiger partial charge >= 0.3 is 0 Å². The molecule has 5 nitrogen and oxygen atoms in total. The van der Waals surface area contributed by atoms with E-state index in [-0.39, 0.29) is 24.1 Å². The largest absolute Gasteiger partial charge is 0.307 e. The van der Waals surface area contributed by atoms with E-state index in [1.165, 1.54) is 27.8 Å². The van der Waals surface area contributed by atoms with Crippen LogP contribution >= 0.6 is 11.3 Å². The smallest absolute Gasteiger partial charge is 0.263 e. The van der Waals surface area contributed by atoms with E-state index in [1.54, 1.807) is 4.90 Å². The molecule has 2 aromatic heterocycles. The number of para-hydroxylation sites is 1. The standard InChI is InChI=1S/C23H19N3O2S/c1-15-11-17-9-5-6-10-19(17)26(15)20(27)12-25-14-24-22-21(23(25)28)18(13-29-22)16-7-3-2-4-8-16/h2-10,13-15H,11-12H2,1H3. The first-order valence-electron chi connectivity index (χ1n) is 9.55. The number of amides is 1. The van der Waals surface area contributed by atoms with Crippen LogP contribution in [0, 0.1) is 0 Å². The highest BCUT2D eigenvalue weighted by Crippen LogP contribution is 2.32. The molecule has 6 heteroatoms. The number of carbonyl (C=O) groups is 1. The minimum atomic E-state index is -0.177. The van der Waals surface area contributed by atoms with E-state index in [1.807, 2.05) is 60.8 Å². The molecule has 144 valence electrons. The Kier molecular flexibility index (Phi) is 4.28. The fourth-order valence-corrected chi connectivity index (χ4v) is 4.98. The van der Waals surface area contributed by atoms with Gasteiger partial charge in [-0.1, -0.05) is 48.5 Å². The van der Waals surface area contributed by atoms with Gasteiger partial charge in [-0.15, -0.1) is 11.3 Å². The number of anilines is 1. The molecular weight excluding hydrogens is 382 g/mol. The van der Waals surface area contributed by atoms with Crippen molar-refractivity contribution in [3.05, 3.63) is 82.2 Å². The Labute approximate surface area is 171 Å². The van der Waals surface area contributed by atoms with Crippen LogP contribution in [0.1, 0.15) is 12.5 Å². The second-order valence-corrected chi connectivity index (χ2v) is 8.18. The van der Waals surface area contributed by atoms with E-state index in [4.69, 9.17) is 0 Å². The number of thiophene rings is 1. The zero-order valence-electron chi connectivity index (χ0n) is 15.9. The van der Waals surface area contributed by atoms with Crippen LogP contribution in [-0.2, 0) is 17.8 Å². The maximum Gasteiger partial charge on any atom is 0.263 e. The predicted molar refractivity (Wildman–Crippen MR) is 116 cm³/mol. The Balaban J connectivity index is 1.53. The highest BCUT2D eigenvalue weighted by Gasteiger charge is 2.30. The molecule has 0 N–H and O–H groups in total. The third-order valence-corrected chi connectivity index (χ3v) is 6.31. The van der Waals surface area contributed by atoms with Gasteiger partial charge in [0.15, 0.2) is 0 Å². The molecule has 1 amide bonds. The number of benzene rings is 2. The van der Waals surface area contributed by atoms with Gasteiger partial charge in [-0.2, -0.15) is 0 Å². The van der Waals surface area contributed by atoms with Crippen LogP contribution in [0.4, 0.5) is 5.69 Å². The molecule has 0 fully saturated rings. The van der Waals surface area contributed by atoms with Crippen molar-refractivity contribution in [2.45, 2.75) is 25.9 Å². The van der Waals surface area contributed by atoms with Gasteiger partial charge in [0.2, 0.25) is 5.91 Å². The van der Waals surface area contributed by atoms with Crippen LogP contribution in [0.15, 0.2) is 71.1 Å². The molecule has 0 bridgehead atoms. The first kappa shape index (κ1) is 17.8. The highest BCUT2D eigenvalue weighted by molar-refractivity contribution is 7.17. The van der Waals surface area contributed by atoms with Crippen molar-refractivity contribution in [3.63, 3.8) is 0 Å². The second-order valence-electron chi connectivity index (χ2n) is 7.32. The van der Waals surface area contributed by atoms with E-state index in [0.29, 0.717) is 10.2 Å². The Bertz CT molecular complexity index is 1280. The molecule has 1 unspecified atom stereocenters. The molecule has 0 aliphatic carbocycles. The van der Waals surface area contributed by atoms with Crippen molar-refractivity contribution in [1.29, 1.82) is 0 Å². The maximum absolute atomic E-state index is 13.2. The van der Waals surface area contributed by atoms with Crippen LogP contribution in [0.25, 0.3) is 21.3 Å². The molecule has 4 aromatic rings. The van der Waals surface area contributed by atoms with Gasteiger partial charge < -0.3 is 4.90 Å². The summed E-state index contributed by atoms with van der Waals surface area (Å²) >= 11 is 1.45. The molecule has 0 saturated carbocycles. The summed E-state index contributed by atoms with van der Waals surface area (Å²) in [6.07, 6.45) is 2.32. The number of rotatable bonds is 3. The van der Waals surface area contributed by atoms with Gasteiger partial charge in [-0.3, -0.25) is 14.2 Å². The lowest BCUT2D eigenvalue weighted by atomic mass is 10.1. The Morgan fingerprint density at radius 2 is 1.90 bits per heavy atom. The molecule has 3 heterocycles. The minimum absolute atomic E-state index is 0.0233. The highest BCUT2D eigenvalue weighted by atomic mass is 32.1. The van der Waals surface area contributed by atoms with Crippen molar-refractivity contribution in [3.8, 4) is 11.1 Å². The fraction of sp³-hybridized carbons (Fsp3) is 0.174. The molecule has 1 aliphatic heterocycles. The molecule has 2 aromatic carbocycles. The minimum Gasteiger partial charge on any atom is -0.307 e. The third kappa shape index (κ3) is 2.96. The van der Waals surface area contributed by atoms with Gasteiger partial charge in [0, 0.05) is 22.7 Å². The summed E-state index contributed by atoms with van der Waals surface area (Å²) in [7, 11) is 0. The summed E-state index contributed by atoms with van der Waals surface area (Å²) < 4.78 is 1.43. The number of hydrogen-bond donors (Lipinski definition) is 0. The van der Waals surface area contributed by atoms with Gasteiger partial charge in [0.1, 0.15) is 11.4 Å². The maximum atomic E-state index is 13.2. The Morgan fingerprint density at radius 3 is 2.72 bits per heavy atom. The van der Waals surface area contributed by atoms with Crippen LogP contribution in [0.2, 0.25) is 0 Å².